The zero-order valence-electron chi connectivity index (χ0n) is 14.4. The number of benzene rings is 2. The number of amides is 2. The Morgan fingerprint density at radius 2 is 1.80 bits per heavy atom. The highest BCUT2D eigenvalue weighted by atomic mass is 79.9. The third-order valence-corrected chi connectivity index (χ3v) is 4.24. The predicted octanol–water partition coefficient (Wildman–Crippen LogP) is 3.91. The molecule has 0 aliphatic heterocycles. The van der Waals surface area contributed by atoms with Crippen LogP contribution < -0.4 is 15.4 Å². The van der Waals surface area contributed by atoms with Crippen LogP contribution in [0.4, 0.5) is 5.69 Å². The fourth-order valence-corrected chi connectivity index (χ4v) is 2.35. The van der Waals surface area contributed by atoms with Crippen molar-refractivity contribution in [1.29, 1.82) is 0 Å². The van der Waals surface area contributed by atoms with Crippen molar-refractivity contribution in [3.63, 3.8) is 0 Å². The van der Waals surface area contributed by atoms with E-state index in [4.69, 9.17) is 4.74 Å². The first-order chi connectivity index (χ1) is 11.8. The topological polar surface area (TPSA) is 67.4 Å². The van der Waals surface area contributed by atoms with Crippen LogP contribution in [-0.4, -0.2) is 24.5 Å². The van der Waals surface area contributed by atoms with E-state index >= 15 is 0 Å². The Morgan fingerprint density at radius 1 is 1.12 bits per heavy atom. The molecule has 0 saturated carbocycles. The van der Waals surface area contributed by atoms with Crippen LogP contribution in [0.15, 0.2) is 46.9 Å². The number of ether oxygens (including phenoxy) is 1. The van der Waals surface area contributed by atoms with Crippen molar-refractivity contribution in [1.82, 2.24) is 5.32 Å². The summed E-state index contributed by atoms with van der Waals surface area (Å²) in [6.45, 7) is 5.67. The summed E-state index contributed by atoms with van der Waals surface area (Å²) in [6, 6.07) is 12.3. The lowest BCUT2D eigenvalue weighted by Crippen LogP contribution is -2.30. The molecule has 5 nitrogen and oxygen atoms in total. The van der Waals surface area contributed by atoms with E-state index in [0.29, 0.717) is 17.0 Å². The van der Waals surface area contributed by atoms with Gasteiger partial charge in [-0.3, -0.25) is 9.59 Å². The fraction of sp³-hybridized carbons (Fsp3) is 0.263. The lowest BCUT2D eigenvalue weighted by atomic mass is 10.2. The molecule has 2 aromatic carbocycles. The van der Waals surface area contributed by atoms with E-state index in [-0.39, 0.29) is 24.5 Å². The minimum atomic E-state index is -0.264. The Hall–Kier alpha value is -2.34. The first-order valence-electron chi connectivity index (χ1n) is 7.95. The normalized spacial score (nSPS) is 10.4. The molecule has 0 bridgehead atoms. The predicted molar refractivity (Wildman–Crippen MR) is 102 cm³/mol. The molecular weight excluding hydrogens is 384 g/mol. The van der Waals surface area contributed by atoms with Crippen molar-refractivity contribution in [2.75, 3.05) is 11.9 Å². The molecule has 0 aliphatic rings. The first kappa shape index (κ1) is 19.0. The van der Waals surface area contributed by atoms with Crippen molar-refractivity contribution in [3.05, 3.63) is 58.1 Å². The largest absolute Gasteiger partial charge is 0.484 e. The Morgan fingerprint density at radius 3 is 2.40 bits per heavy atom. The van der Waals surface area contributed by atoms with Gasteiger partial charge in [0, 0.05) is 21.8 Å². The first-order valence-corrected chi connectivity index (χ1v) is 8.74. The molecule has 132 valence electrons. The Kier molecular flexibility index (Phi) is 6.58. The van der Waals surface area contributed by atoms with Crippen LogP contribution in [0.2, 0.25) is 0 Å². The summed E-state index contributed by atoms with van der Waals surface area (Å²) >= 11 is 3.42. The van der Waals surface area contributed by atoms with Crippen LogP contribution in [0.3, 0.4) is 0 Å². The molecule has 2 aromatic rings. The molecule has 0 saturated heterocycles. The Balaban J connectivity index is 1.87. The SMILES string of the molecule is Cc1cc(OCC(=O)Nc2ccc(C(=O)NC(C)C)cc2)ccc1Br. The van der Waals surface area contributed by atoms with E-state index in [1.54, 1.807) is 30.3 Å². The molecule has 2 rings (SSSR count). The smallest absolute Gasteiger partial charge is 0.262 e. The van der Waals surface area contributed by atoms with Crippen LogP contribution in [0, 0.1) is 6.92 Å². The third-order valence-electron chi connectivity index (χ3n) is 3.35. The number of aryl methyl sites for hydroxylation is 1. The minimum Gasteiger partial charge on any atom is -0.484 e. The summed E-state index contributed by atoms with van der Waals surface area (Å²) in [5.41, 5.74) is 2.20. The summed E-state index contributed by atoms with van der Waals surface area (Å²) in [5, 5.41) is 5.56. The highest BCUT2D eigenvalue weighted by Crippen LogP contribution is 2.21. The van der Waals surface area contributed by atoms with Crippen LogP contribution in [0.5, 0.6) is 5.75 Å². The number of anilines is 1. The summed E-state index contributed by atoms with van der Waals surface area (Å²) in [6.07, 6.45) is 0. The standard InChI is InChI=1S/C19H21BrN2O3/c1-12(2)21-19(24)14-4-6-15(7-5-14)22-18(23)11-25-16-8-9-17(20)13(3)10-16/h4-10,12H,11H2,1-3H3,(H,21,24)(H,22,23). The molecule has 2 amide bonds. The maximum atomic E-state index is 12.0. The Labute approximate surface area is 155 Å². The summed E-state index contributed by atoms with van der Waals surface area (Å²) in [5.74, 6) is 0.235. The molecule has 0 unspecified atom stereocenters. The molecular formula is C19H21BrN2O3. The van der Waals surface area contributed by atoms with Crippen LogP contribution in [0.25, 0.3) is 0 Å². The van der Waals surface area contributed by atoms with Gasteiger partial charge in [0.05, 0.1) is 0 Å². The lowest BCUT2D eigenvalue weighted by Gasteiger charge is -2.10. The zero-order valence-corrected chi connectivity index (χ0v) is 16.0. The van der Waals surface area contributed by atoms with Gasteiger partial charge in [0.15, 0.2) is 6.61 Å². The number of carbonyl (C=O) groups is 2. The third kappa shape index (κ3) is 5.90. The second-order valence-electron chi connectivity index (χ2n) is 5.95. The number of hydrogen-bond acceptors (Lipinski definition) is 3. The van der Waals surface area contributed by atoms with E-state index in [9.17, 15) is 9.59 Å². The fourth-order valence-electron chi connectivity index (χ4n) is 2.10. The minimum absolute atomic E-state index is 0.0753. The van der Waals surface area contributed by atoms with Gasteiger partial charge in [0.1, 0.15) is 5.75 Å². The van der Waals surface area contributed by atoms with Crippen LogP contribution in [-0.2, 0) is 4.79 Å². The average molecular weight is 405 g/mol. The van der Waals surface area contributed by atoms with Gasteiger partial charge >= 0.3 is 0 Å². The van der Waals surface area contributed by atoms with E-state index < -0.39 is 0 Å². The maximum Gasteiger partial charge on any atom is 0.262 e. The molecule has 0 spiro atoms. The van der Waals surface area contributed by atoms with E-state index in [1.165, 1.54) is 0 Å². The van der Waals surface area contributed by atoms with E-state index in [2.05, 4.69) is 26.6 Å². The summed E-state index contributed by atoms with van der Waals surface area (Å²) in [4.78, 5) is 23.9. The van der Waals surface area contributed by atoms with Gasteiger partial charge in [0.2, 0.25) is 0 Å². The molecule has 0 fully saturated rings. The van der Waals surface area contributed by atoms with Crippen molar-refractivity contribution >= 4 is 33.4 Å². The molecule has 0 aliphatic carbocycles. The monoisotopic (exact) mass is 404 g/mol. The molecule has 2 N–H and O–H groups in total. The van der Waals surface area contributed by atoms with Crippen molar-refractivity contribution in [3.8, 4) is 5.75 Å². The van der Waals surface area contributed by atoms with Crippen LogP contribution >= 0.6 is 15.9 Å². The van der Waals surface area contributed by atoms with Gasteiger partial charge in [-0.1, -0.05) is 15.9 Å². The number of carbonyl (C=O) groups excluding carboxylic acids is 2. The molecule has 25 heavy (non-hydrogen) atoms. The molecule has 6 heteroatoms. The second kappa shape index (κ2) is 8.67. The van der Waals surface area contributed by atoms with Crippen molar-refractivity contribution < 1.29 is 14.3 Å². The van der Waals surface area contributed by atoms with Gasteiger partial charge in [-0.25, -0.2) is 0 Å². The van der Waals surface area contributed by atoms with Gasteiger partial charge in [-0.05, 0) is 68.8 Å². The number of rotatable bonds is 6. The highest BCUT2D eigenvalue weighted by molar-refractivity contribution is 9.10. The Bertz CT molecular complexity index is 758. The van der Waals surface area contributed by atoms with Gasteiger partial charge in [-0.15, -0.1) is 0 Å². The molecule has 0 heterocycles. The van der Waals surface area contributed by atoms with Gasteiger partial charge in [0.25, 0.3) is 11.8 Å². The average Bonchev–Trinajstić information content (AvgIpc) is 2.56. The van der Waals surface area contributed by atoms with Gasteiger partial charge < -0.3 is 15.4 Å². The number of halogens is 1. The highest BCUT2D eigenvalue weighted by Gasteiger charge is 2.08. The second-order valence-corrected chi connectivity index (χ2v) is 6.81. The lowest BCUT2D eigenvalue weighted by molar-refractivity contribution is -0.118. The van der Waals surface area contributed by atoms with Crippen LogP contribution in [0.1, 0.15) is 29.8 Å². The number of nitrogens with one attached hydrogen (secondary N) is 2. The zero-order chi connectivity index (χ0) is 18.4. The van der Waals surface area contributed by atoms with E-state index in [1.807, 2.05) is 32.9 Å². The summed E-state index contributed by atoms with van der Waals surface area (Å²) in [7, 11) is 0. The van der Waals surface area contributed by atoms with Crippen molar-refractivity contribution in [2.45, 2.75) is 26.8 Å². The maximum absolute atomic E-state index is 12.0. The van der Waals surface area contributed by atoms with E-state index in [0.717, 1.165) is 10.0 Å². The quantitative estimate of drug-likeness (QED) is 0.766. The molecule has 0 radical (unpaired) electrons. The number of hydrogen-bond donors (Lipinski definition) is 2. The summed E-state index contributed by atoms with van der Waals surface area (Å²) < 4.78 is 6.48. The van der Waals surface area contributed by atoms with Gasteiger partial charge in [-0.2, -0.15) is 0 Å². The van der Waals surface area contributed by atoms with Crippen molar-refractivity contribution in [2.24, 2.45) is 0 Å². The molecule has 0 atom stereocenters. The molecule has 0 aromatic heterocycles.